The van der Waals surface area contributed by atoms with E-state index in [2.05, 4.69) is 20.6 Å². The van der Waals surface area contributed by atoms with Gasteiger partial charge in [-0.05, 0) is 6.07 Å². The fourth-order valence-corrected chi connectivity index (χ4v) is 2.86. The first-order valence-electron chi connectivity index (χ1n) is 6.37. The lowest BCUT2D eigenvalue weighted by Gasteiger charge is -2.08. The summed E-state index contributed by atoms with van der Waals surface area (Å²) in [5.41, 5.74) is 1.02. The molecule has 2 aromatic rings. The fourth-order valence-electron chi connectivity index (χ4n) is 1.65. The Morgan fingerprint density at radius 1 is 1.33 bits per heavy atom. The van der Waals surface area contributed by atoms with Gasteiger partial charge in [-0.15, -0.1) is 11.3 Å². The lowest BCUT2D eigenvalue weighted by molar-refractivity contribution is 0.184. The van der Waals surface area contributed by atoms with E-state index in [4.69, 9.17) is 27.9 Å². The van der Waals surface area contributed by atoms with E-state index in [9.17, 15) is 0 Å². The molecule has 0 saturated heterocycles. The average Bonchev–Trinajstić information content (AvgIpc) is 2.89. The van der Waals surface area contributed by atoms with E-state index in [0.717, 1.165) is 23.8 Å². The molecule has 2 N–H and O–H groups in total. The molecule has 0 amide bonds. The highest BCUT2D eigenvalue weighted by Gasteiger charge is 2.03. The highest BCUT2D eigenvalue weighted by Crippen LogP contribution is 2.22. The van der Waals surface area contributed by atoms with Crippen LogP contribution < -0.4 is 10.6 Å². The molecule has 0 unspecified atom stereocenters. The predicted octanol–water partition coefficient (Wildman–Crippen LogP) is 3.19. The number of thiazole rings is 1. The molecule has 0 aliphatic heterocycles. The van der Waals surface area contributed by atoms with E-state index in [-0.39, 0.29) is 0 Å². The Labute approximate surface area is 137 Å². The first kappa shape index (κ1) is 16.5. The van der Waals surface area contributed by atoms with Crippen LogP contribution in [0.1, 0.15) is 10.7 Å². The molecule has 114 valence electrons. The molecule has 0 atom stereocenters. The number of pyridine rings is 1. The van der Waals surface area contributed by atoms with Crippen molar-refractivity contribution in [3.8, 4) is 0 Å². The van der Waals surface area contributed by atoms with Crippen LogP contribution in [0.2, 0.25) is 10.0 Å². The van der Waals surface area contributed by atoms with Crippen LogP contribution >= 0.6 is 34.5 Å². The van der Waals surface area contributed by atoms with Crippen LogP contribution in [0.4, 0.5) is 5.82 Å². The molecule has 0 saturated carbocycles. The third-order valence-corrected chi connectivity index (χ3v) is 3.94. The third-order valence-electron chi connectivity index (χ3n) is 2.58. The maximum atomic E-state index is 6.02. The van der Waals surface area contributed by atoms with Gasteiger partial charge in [0.25, 0.3) is 0 Å². The molecule has 8 heteroatoms. The first-order valence-corrected chi connectivity index (χ1v) is 8.00. The SMILES string of the molecule is COCc1nc(CNCCNc2ncc(Cl)cc2Cl)cs1. The van der Waals surface area contributed by atoms with Gasteiger partial charge in [0.2, 0.25) is 0 Å². The molecule has 0 radical (unpaired) electrons. The average molecular weight is 347 g/mol. The van der Waals surface area contributed by atoms with Crippen molar-refractivity contribution in [3.63, 3.8) is 0 Å². The lowest BCUT2D eigenvalue weighted by atomic mass is 10.4. The molecule has 0 aromatic carbocycles. The van der Waals surface area contributed by atoms with E-state index < -0.39 is 0 Å². The topological polar surface area (TPSA) is 59.1 Å². The zero-order valence-electron chi connectivity index (χ0n) is 11.5. The van der Waals surface area contributed by atoms with Crippen molar-refractivity contribution < 1.29 is 4.74 Å². The van der Waals surface area contributed by atoms with Gasteiger partial charge in [-0.2, -0.15) is 0 Å². The van der Waals surface area contributed by atoms with Gasteiger partial charge in [0.05, 0.1) is 22.3 Å². The number of methoxy groups -OCH3 is 1. The van der Waals surface area contributed by atoms with E-state index in [1.807, 2.05) is 5.38 Å². The summed E-state index contributed by atoms with van der Waals surface area (Å²) in [4.78, 5) is 8.57. The quantitative estimate of drug-likeness (QED) is 0.718. The van der Waals surface area contributed by atoms with E-state index in [0.29, 0.717) is 29.0 Å². The Morgan fingerprint density at radius 2 is 2.19 bits per heavy atom. The number of aromatic nitrogens is 2. The molecule has 2 aromatic heterocycles. The van der Waals surface area contributed by atoms with Gasteiger partial charge >= 0.3 is 0 Å². The van der Waals surface area contributed by atoms with Gasteiger partial charge < -0.3 is 15.4 Å². The number of nitrogens with one attached hydrogen (secondary N) is 2. The molecule has 2 rings (SSSR count). The van der Waals surface area contributed by atoms with Gasteiger partial charge in [0.15, 0.2) is 0 Å². The maximum Gasteiger partial charge on any atom is 0.144 e. The molecular formula is C13H16Cl2N4OS. The van der Waals surface area contributed by atoms with Crippen molar-refractivity contribution in [3.05, 3.63) is 38.4 Å². The second-order valence-electron chi connectivity index (χ2n) is 4.25. The number of anilines is 1. The Balaban J connectivity index is 1.67. The van der Waals surface area contributed by atoms with Crippen molar-refractivity contribution in [2.24, 2.45) is 0 Å². The van der Waals surface area contributed by atoms with Crippen molar-refractivity contribution >= 4 is 40.4 Å². The van der Waals surface area contributed by atoms with Crippen molar-refractivity contribution in [2.45, 2.75) is 13.2 Å². The molecule has 2 heterocycles. The van der Waals surface area contributed by atoms with E-state index >= 15 is 0 Å². The van der Waals surface area contributed by atoms with E-state index in [1.54, 1.807) is 30.7 Å². The van der Waals surface area contributed by atoms with Gasteiger partial charge in [0, 0.05) is 38.3 Å². The van der Waals surface area contributed by atoms with Crippen LogP contribution in [-0.4, -0.2) is 30.2 Å². The minimum atomic E-state index is 0.520. The Hall–Kier alpha value is -0.920. The first-order chi connectivity index (χ1) is 10.2. The third kappa shape index (κ3) is 5.41. The second-order valence-corrected chi connectivity index (χ2v) is 6.04. The van der Waals surface area contributed by atoms with Crippen LogP contribution in [0, 0.1) is 0 Å². The maximum absolute atomic E-state index is 6.02. The smallest absolute Gasteiger partial charge is 0.144 e. The van der Waals surface area contributed by atoms with Crippen LogP contribution in [0.15, 0.2) is 17.6 Å². The second kappa shape index (κ2) is 8.51. The Kier molecular flexibility index (Phi) is 6.66. The highest BCUT2D eigenvalue weighted by atomic mass is 35.5. The Morgan fingerprint density at radius 3 is 2.95 bits per heavy atom. The summed E-state index contributed by atoms with van der Waals surface area (Å²) in [6, 6.07) is 1.67. The molecule has 0 aliphatic carbocycles. The summed E-state index contributed by atoms with van der Waals surface area (Å²) in [5.74, 6) is 0.638. The summed E-state index contributed by atoms with van der Waals surface area (Å²) in [6.45, 7) is 2.78. The predicted molar refractivity (Wildman–Crippen MR) is 87.3 cm³/mol. The zero-order chi connectivity index (χ0) is 15.1. The van der Waals surface area contributed by atoms with Crippen molar-refractivity contribution in [2.75, 3.05) is 25.5 Å². The summed E-state index contributed by atoms with van der Waals surface area (Å²) in [6.07, 6.45) is 1.57. The molecule has 0 spiro atoms. The minimum absolute atomic E-state index is 0.520. The van der Waals surface area contributed by atoms with Crippen LogP contribution in [0.5, 0.6) is 0 Å². The number of hydrogen-bond acceptors (Lipinski definition) is 6. The zero-order valence-corrected chi connectivity index (χ0v) is 13.9. The van der Waals surface area contributed by atoms with Crippen LogP contribution in [0.25, 0.3) is 0 Å². The Bertz CT molecular complexity index is 579. The van der Waals surface area contributed by atoms with Gasteiger partial charge in [-0.3, -0.25) is 0 Å². The molecule has 0 aliphatic rings. The molecule has 21 heavy (non-hydrogen) atoms. The van der Waals surface area contributed by atoms with Gasteiger partial charge in [-0.25, -0.2) is 9.97 Å². The summed E-state index contributed by atoms with van der Waals surface area (Å²) < 4.78 is 5.04. The number of halogens is 2. The van der Waals surface area contributed by atoms with Crippen molar-refractivity contribution in [1.29, 1.82) is 0 Å². The monoisotopic (exact) mass is 346 g/mol. The highest BCUT2D eigenvalue weighted by molar-refractivity contribution is 7.09. The van der Waals surface area contributed by atoms with Gasteiger partial charge in [0.1, 0.15) is 10.8 Å². The lowest BCUT2D eigenvalue weighted by Crippen LogP contribution is -2.22. The van der Waals surface area contributed by atoms with Crippen LogP contribution in [-0.2, 0) is 17.9 Å². The standard InChI is InChI=1S/C13H16Cl2N4OS/c1-20-7-12-19-10(8-21-12)6-16-2-3-17-13-11(15)4-9(14)5-18-13/h4-5,8,16H,2-3,6-7H2,1H3,(H,17,18). The number of nitrogens with zero attached hydrogens (tertiary/aromatic N) is 2. The molecule has 0 bridgehead atoms. The normalized spacial score (nSPS) is 10.8. The van der Waals surface area contributed by atoms with Gasteiger partial charge in [-0.1, -0.05) is 23.2 Å². The summed E-state index contributed by atoms with van der Waals surface area (Å²) >= 11 is 13.4. The largest absolute Gasteiger partial charge is 0.378 e. The van der Waals surface area contributed by atoms with Crippen LogP contribution in [0.3, 0.4) is 0 Å². The number of rotatable bonds is 8. The fraction of sp³-hybridized carbons (Fsp3) is 0.385. The molecule has 5 nitrogen and oxygen atoms in total. The molecule has 0 fully saturated rings. The van der Waals surface area contributed by atoms with E-state index in [1.165, 1.54) is 0 Å². The number of hydrogen-bond donors (Lipinski definition) is 2. The summed E-state index contributed by atoms with van der Waals surface area (Å²) in [5, 5.41) is 10.5. The van der Waals surface area contributed by atoms with Crippen molar-refractivity contribution in [1.82, 2.24) is 15.3 Å². The summed E-state index contributed by atoms with van der Waals surface area (Å²) in [7, 11) is 1.67. The molecular weight excluding hydrogens is 331 g/mol. The number of ether oxygens (including phenoxy) is 1. The minimum Gasteiger partial charge on any atom is -0.378 e.